The number of ether oxygens (including phenoxy) is 1. The highest BCUT2D eigenvalue weighted by Gasteiger charge is 2.15. The Morgan fingerprint density at radius 3 is 2.64 bits per heavy atom. The zero-order valence-corrected chi connectivity index (χ0v) is 15.8. The Morgan fingerprint density at radius 1 is 1.04 bits per heavy atom. The Bertz CT molecular complexity index is 1080. The molecule has 0 saturated heterocycles. The molecule has 1 aliphatic heterocycles. The first-order valence-corrected chi connectivity index (χ1v) is 9.00. The number of nitrogens with two attached hydrogens (primary N) is 1. The van der Waals surface area contributed by atoms with E-state index in [2.05, 4.69) is 20.6 Å². The van der Waals surface area contributed by atoms with Gasteiger partial charge < -0.3 is 21.1 Å². The zero-order valence-electron chi connectivity index (χ0n) is 14.3. The standard InChI is InChI=1S/C19H14Cl2FN5O/c20-13-3-1-11(8-14(13)21)26-19-24-9-15(22)18(27-19)25-10-2-4-17-12(7-10)16(23)5-6-28-17/h1-9,16H,23H2,(H2,24,25,26,27). The number of hydrogen-bond donors (Lipinski definition) is 3. The molecule has 9 heteroatoms. The van der Waals surface area contributed by atoms with Crippen molar-refractivity contribution in [2.24, 2.45) is 5.73 Å². The number of nitrogens with zero attached hydrogens (tertiary/aromatic N) is 2. The van der Waals surface area contributed by atoms with Gasteiger partial charge in [0.15, 0.2) is 11.6 Å². The van der Waals surface area contributed by atoms with Crippen molar-refractivity contribution in [1.29, 1.82) is 0 Å². The van der Waals surface area contributed by atoms with Gasteiger partial charge in [0.05, 0.1) is 28.5 Å². The molecule has 6 nitrogen and oxygen atoms in total. The molecule has 0 saturated carbocycles. The van der Waals surface area contributed by atoms with Crippen molar-refractivity contribution in [3.63, 3.8) is 0 Å². The quantitative estimate of drug-likeness (QED) is 0.532. The van der Waals surface area contributed by atoms with Crippen molar-refractivity contribution in [3.05, 3.63) is 76.4 Å². The molecule has 0 amide bonds. The van der Waals surface area contributed by atoms with Gasteiger partial charge in [-0.05, 0) is 42.5 Å². The minimum atomic E-state index is -0.599. The number of hydrogen-bond acceptors (Lipinski definition) is 6. The maximum Gasteiger partial charge on any atom is 0.229 e. The van der Waals surface area contributed by atoms with Gasteiger partial charge in [-0.15, -0.1) is 0 Å². The molecule has 0 spiro atoms. The van der Waals surface area contributed by atoms with Crippen LogP contribution in [0, 0.1) is 5.82 Å². The lowest BCUT2D eigenvalue weighted by Crippen LogP contribution is -2.12. The van der Waals surface area contributed by atoms with Gasteiger partial charge in [0, 0.05) is 16.9 Å². The van der Waals surface area contributed by atoms with Gasteiger partial charge in [-0.25, -0.2) is 9.37 Å². The van der Waals surface area contributed by atoms with Crippen molar-refractivity contribution >= 4 is 46.3 Å². The van der Waals surface area contributed by atoms with Crippen LogP contribution in [-0.4, -0.2) is 9.97 Å². The molecule has 4 N–H and O–H groups in total. The minimum absolute atomic E-state index is 0.0124. The van der Waals surface area contributed by atoms with E-state index in [1.165, 1.54) is 0 Å². The molecule has 1 unspecified atom stereocenters. The lowest BCUT2D eigenvalue weighted by atomic mass is 10.0. The van der Waals surface area contributed by atoms with Crippen LogP contribution in [0.2, 0.25) is 10.0 Å². The largest absolute Gasteiger partial charge is 0.465 e. The van der Waals surface area contributed by atoms with Crippen molar-refractivity contribution in [1.82, 2.24) is 9.97 Å². The summed E-state index contributed by atoms with van der Waals surface area (Å²) < 4.78 is 19.6. The van der Waals surface area contributed by atoms with Crippen LogP contribution in [-0.2, 0) is 0 Å². The number of benzene rings is 2. The predicted octanol–water partition coefficient (Wildman–Crippen LogP) is 5.32. The molecular formula is C19H14Cl2FN5O. The molecule has 1 atom stereocenters. The third-order valence-corrected chi connectivity index (χ3v) is 4.77. The Labute approximate surface area is 170 Å². The molecule has 2 heterocycles. The van der Waals surface area contributed by atoms with Crippen molar-refractivity contribution < 1.29 is 9.13 Å². The van der Waals surface area contributed by atoms with Crippen LogP contribution in [0.4, 0.5) is 27.5 Å². The second kappa shape index (κ2) is 7.63. The number of halogens is 3. The molecule has 4 rings (SSSR count). The fraction of sp³-hybridized carbons (Fsp3) is 0.0526. The Morgan fingerprint density at radius 2 is 1.82 bits per heavy atom. The number of rotatable bonds is 4. The lowest BCUT2D eigenvalue weighted by Gasteiger charge is -2.18. The molecule has 1 aromatic heterocycles. The van der Waals surface area contributed by atoms with E-state index in [0.717, 1.165) is 11.8 Å². The first-order valence-electron chi connectivity index (χ1n) is 8.24. The second-order valence-electron chi connectivity index (χ2n) is 5.99. The normalized spacial score (nSPS) is 14.9. The molecule has 0 aliphatic carbocycles. The van der Waals surface area contributed by atoms with Crippen molar-refractivity contribution in [3.8, 4) is 5.75 Å². The molecule has 28 heavy (non-hydrogen) atoms. The summed E-state index contributed by atoms with van der Waals surface area (Å²) in [5.74, 6) is 0.269. The van der Waals surface area contributed by atoms with Crippen LogP contribution < -0.4 is 21.1 Å². The van der Waals surface area contributed by atoms with E-state index >= 15 is 0 Å². The van der Waals surface area contributed by atoms with Gasteiger partial charge in [0.2, 0.25) is 5.95 Å². The Hall–Kier alpha value is -2.87. The zero-order chi connectivity index (χ0) is 19.7. The Kier molecular flexibility index (Phi) is 5.04. The summed E-state index contributed by atoms with van der Waals surface area (Å²) in [6.07, 6.45) is 4.35. The average Bonchev–Trinajstić information content (AvgIpc) is 2.68. The van der Waals surface area contributed by atoms with Crippen LogP contribution in [0.5, 0.6) is 5.75 Å². The number of aromatic nitrogens is 2. The number of fused-ring (bicyclic) bond motifs is 1. The van der Waals surface area contributed by atoms with Crippen LogP contribution in [0.25, 0.3) is 0 Å². The third-order valence-electron chi connectivity index (χ3n) is 4.03. The first-order chi connectivity index (χ1) is 13.5. The molecule has 142 valence electrons. The highest BCUT2D eigenvalue weighted by molar-refractivity contribution is 6.42. The summed E-state index contributed by atoms with van der Waals surface area (Å²) in [7, 11) is 0. The molecular weight excluding hydrogens is 404 g/mol. The maximum absolute atomic E-state index is 14.2. The first kappa shape index (κ1) is 18.5. The smallest absolute Gasteiger partial charge is 0.229 e. The summed E-state index contributed by atoms with van der Waals surface area (Å²) in [5.41, 5.74) is 8.07. The van der Waals surface area contributed by atoms with Crippen LogP contribution >= 0.6 is 23.2 Å². The Balaban J connectivity index is 1.58. The molecule has 0 bridgehead atoms. The van der Waals surface area contributed by atoms with Gasteiger partial charge in [0.25, 0.3) is 0 Å². The minimum Gasteiger partial charge on any atom is -0.465 e. The molecule has 2 aromatic carbocycles. The van der Waals surface area contributed by atoms with Gasteiger partial charge >= 0.3 is 0 Å². The summed E-state index contributed by atoms with van der Waals surface area (Å²) in [5, 5.41) is 6.72. The molecule has 0 fully saturated rings. The summed E-state index contributed by atoms with van der Waals surface area (Å²) >= 11 is 11.9. The highest BCUT2D eigenvalue weighted by Crippen LogP contribution is 2.32. The fourth-order valence-corrected chi connectivity index (χ4v) is 2.95. The summed E-state index contributed by atoms with van der Waals surface area (Å²) in [6.45, 7) is 0. The van der Waals surface area contributed by atoms with E-state index in [1.807, 2.05) is 0 Å². The fourth-order valence-electron chi connectivity index (χ4n) is 2.65. The molecule has 0 radical (unpaired) electrons. The van der Waals surface area contributed by atoms with Crippen molar-refractivity contribution in [2.75, 3.05) is 10.6 Å². The van der Waals surface area contributed by atoms with E-state index in [0.29, 0.717) is 27.2 Å². The van der Waals surface area contributed by atoms with Gasteiger partial charge in [-0.2, -0.15) is 4.98 Å². The van der Waals surface area contributed by atoms with Gasteiger partial charge in [-0.1, -0.05) is 23.2 Å². The van der Waals surface area contributed by atoms with E-state index in [9.17, 15) is 4.39 Å². The molecule has 3 aromatic rings. The monoisotopic (exact) mass is 417 g/mol. The second-order valence-corrected chi connectivity index (χ2v) is 6.81. The van der Waals surface area contributed by atoms with E-state index in [4.69, 9.17) is 33.7 Å². The summed E-state index contributed by atoms with van der Waals surface area (Å²) in [4.78, 5) is 8.13. The van der Waals surface area contributed by atoms with E-state index < -0.39 is 5.82 Å². The summed E-state index contributed by atoms with van der Waals surface area (Å²) in [6, 6.07) is 9.98. The topological polar surface area (TPSA) is 85.1 Å². The number of anilines is 4. The van der Waals surface area contributed by atoms with Gasteiger partial charge in [-0.3, -0.25) is 0 Å². The third kappa shape index (κ3) is 3.87. The van der Waals surface area contributed by atoms with Gasteiger partial charge in [0.1, 0.15) is 5.75 Å². The van der Waals surface area contributed by atoms with E-state index in [-0.39, 0.29) is 17.8 Å². The van der Waals surface area contributed by atoms with Crippen molar-refractivity contribution in [2.45, 2.75) is 6.04 Å². The molecule has 1 aliphatic rings. The maximum atomic E-state index is 14.2. The van der Waals surface area contributed by atoms with Crippen LogP contribution in [0.1, 0.15) is 11.6 Å². The van der Waals surface area contributed by atoms with Crippen LogP contribution in [0.15, 0.2) is 54.9 Å². The average molecular weight is 418 g/mol. The SMILES string of the molecule is NC1C=COc2ccc(Nc3nc(Nc4ccc(Cl)c(Cl)c4)ncc3F)cc21. The van der Waals surface area contributed by atoms with E-state index in [1.54, 1.807) is 48.7 Å². The predicted molar refractivity (Wildman–Crippen MR) is 108 cm³/mol. The van der Waals surface area contributed by atoms with Crippen LogP contribution in [0.3, 0.4) is 0 Å². The highest BCUT2D eigenvalue weighted by atomic mass is 35.5. The number of nitrogens with one attached hydrogen (secondary N) is 2. The lowest BCUT2D eigenvalue weighted by molar-refractivity contribution is 0.454.